The lowest BCUT2D eigenvalue weighted by Crippen LogP contribution is -2.60. The van der Waals surface area contributed by atoms with Gasteiger partial charge in [-0.2, -0.15) is 0 Å². The number of ether oxygens (including phenoxy) is 2. The first-order chi connectivity index (χ1) is 34.8. The maximum atomic E-state index is 13.0. The van der Waals surface area contributed by atoms with E-state index in [1.54, 1.807) is 6.08 Å². The minimum absolute atomic E-state index is 0.187. The summed E-state index contributed by atoms with van der Waals surface area (Å²) in [4.78, 5) is 13.0. The van der Waals surface area contributed by atoms with E-state index in [1.165, 1.54) is 225 Å². The van der Waals surface area contributed by atoms with Crippen LogP contribution in [0.3, 0.4) is 0 Å². The van der Waals surface area contributed by atoms with Crippen molar-refractivity contribution in [1.82, 2.24) is 5.32 Å². The molecule has 1 amide bonds. The quantitative estimate of drug-likeness (QED) is 0.0261. The van der Waals surface area contributed by atoms with Gasteiger partial charge in [0.25, 0.3) is 0 Å². The number of amides is 1. The molecule has 71 heavy (non-hydrogen) atoms. The molecule has 0 radical (unpaired) electrons. The number of hydrogen-bond donors (Lipinski definition) is 6. The van der Waals surface area contributed by atoms with Crippen molar-refractivity contribution in [1.29, 1.82) is 0 Å². The van der Waals surface area contributed by atoms with E-state index < -0.39 is 49.5 Å². The van der Waals surface area contributed by atoms with Crippen LogP contribution in [0.2, 0.25) is 0 Å². The fourth-order valence-corrected chi connectivity index (χ4v) is 9.83. The predicted octanol–water partition coefficient (Wildman–Crippen LogP) is 15.5. The van der Waals surface area contributed by atoms with Gasteiger partial charge in [0, 0.05) is 6.42 Å². The summed E-state index contributed by atoms with van der Waals surface area (Å²) in [6.45, 7) is 3.73. The Hall–Kier alpha value is -1.59. The summed E-state index contributed by atoms with van der Waals surface area (Å²) in [5.74, 6) is -0.187. The number of aliphatic hydroxyl groups is 5. The molecule has 1 heterocycles. The Kier molecular flexibility index (Phi) is 49.3. The fourth-order valence-electron chi connectivity index (χ4n) is 9.83. The third-order valence-corrected chi connectivity index (χ3v) is 14.7. The zero-order chi connectivity index (χ0) is 51.5. The normalized spacial score (nSPS) is 19.5. The highest BCUT2D eigenvalue weighted by molar-refractivity contribution is 5.76. The fraction of sp³-hybridized carbons (Fsp3) is 0.887. The largest absolute Gasteiger partial charge is 0.394 e. The van der Waals surface area contributed by atoms with Gasteiger partial charge in [-0.25, -0.2) is 0 Å². The van der Waals surface area contributed by atoms with Crippen LogP contribution in [-0.2, 0) is 14.3 Å². The number of aliphatic hydroxyl groups excluding tert-OH is 5. The second-order valence-corrected chi connectivity index (χ2v) is 21.5. The second-order valence-electron chi connectivity index (χ2n) is 21.5. The molecule has 418 valence electrons. The number of hydrogen-bond acceptors (Lipinski definition) is 8. The Bertz CT molecular complexity index is 1210. The molecule has 1 aliphatic heterocycles. The number of carbonyl (C=O) groups excluding carboxylic acids is 1. The van der Waals surface area contributed by atoms with E-state index >= 15 is 0 Å². The molecule has 9 heteroatoms. The molecule has 1 fully saturated rings. The number of carbonyl (C=O) groups is 1. The highest BCUT2D eigenvalue weighted by Crippen LogP contribution is 2.23. The van der Waals surface area contributed by atoms with Crippen molar-refractivity contribution in [2.75, 3.05) is 13.2 Å². The minimum Gasteiger partial charge on any atom is -0.394 e. The average Bonchev–Trinajstić information content (AvgIpc) is 3.37. The van der Waals surface area contributed by atoms with Crippen molar-refractivity contribution in [3.63, 3.8) is 0 Å². The Balaban J connectivity index is 2.04. The predicted molar refractivity (Wildman–Crippen MR) is 300 cm³/mol. The highest BCUT2D eigenvalue weighted by Gasteiger charge is 2.44. The van der Waals surface area contributed by atoms with Gasteiger partial charge >= 0.3 is 0 Å². The summed E-state index contributed by atoms with van der Waals surface area (Å²) in [5.41, 5.74) is 0. The first kappa shape index (κ1) is 67.4. The van der Waals surface area contributed by atoms with Crippen LogP contribution in [-0.4, -0.2) is 87.5 Å². The summed E-state index contributed by atoms with van der Waals surface area (Å²) < 4.78 is 11.2. The molecule has 0 bridgehead atoms. The summed E-state index contributed by atoms with van der Waals surface area (Å²) in [6.07, 6.45) is 61.2. The summed E-state index contributed by atoms with van der Waals surface area (Å²) >= 11 is 0. The monoisotopic (exact) mass is 1000 g/mol. The summed E-state index contributed by atoms with van der Waals surface area (Å²) in [6, 6.07) is -0.825. The third kappa shape index (κ3) is 41.4. The molecule has 0 aliphatic carbocycles. The zero-order valence-electron chi connectivity index (χ0n) is 46.5. The van der Waals surface area contributed by atoms with Gasteiger partial charge in [0.1, 0.15) is 24.4 Å². The van der Waals surface area contributed by atoms with E-state index in [-0.39, 0.29) is 12.5 Å². The van der Waals surface area contributed by atoms with Crippen LogP contribution in [0.25, 0.3) is 0 Å². The van der Waals surface area contributed by atoms with E-state index in [0.717, 1.165) is 51.4 Å². The van der Waals surface area contributed by atoms with Crippen molar-refractivity contribution in [3.8, 4) is 0 Å². The van der Waals surface area contributed by atoms with Crippen LogP contribution in [0.5, 0.6) is 0 Å². The van der Waals surface area contributed by atoms with Crippen LogP contribution in [0.1, 0.15) is 296 Å². The molecule has 1 aliphatic rings. The van der Waals surface area contributed by atoms with Crippen molar-refractivity contribution in [2.45, 2.75) is 339 Å². The van der Waals surface area contributed by atoms with Crippen LogP contribution in [0.15, 0.2) is 36.5 Å². The van der Waals surface area contributed by atoms with E-state index in [9.17, 15) is 30.3 Å². The SMILES string of the molecule is CCCC/C=C/CC/C=C/CC/C=C/C(O)C(COC1OC(CO)C(O)C(O)C1O)NC(=O)CCCCCCCCCCCCCCCCCCCCCCCCCCCCCCCCCCCCCC. The van der Waals surface area contributed by atoms with Crippen LogP contribution >= 0.6 is 0 Å². The molecule has 7 unspecified atom stereocenters. The maximum absolute atomic E-state index is 13.0. The van der Waals surface area contributed by atoms with Crippen molar-refractivity contribution < 1.29 is 39.8 Å². The topological polar surface area (TPSA) is 149 Å². The number of rotatable bonds is 53. The molecular formula is C62H117NO8. The molecule has 1 saturated heterocycles. The van der Waals surface area contributed by atoms with Gasteiger partial charge < -0.3 is 40.3 Å². The molecule has 0 aromatic carbocycles. The summed E-state index contributed by atoms with van der Waals surface area (Å²) in [7, 11) is 0. The molecule has 6 N–H and O–H groups in total. The van der Waals surface area contributed by atoms with Crippen molar-refractivity contribution in [2.24, 2.45) is 0 Å². The van der Waals surface area contributed by atoms with Gasteiger partial charge in [-0.1, -0.05) is 288 Å². The van der Waals surface area contributed by atoms with E-state index in [2.05, 4.69) is 43.5 Å². The van der Waals surface area contributed by atoms with Gasteiger partial charge in [0.05, 0.1) is 25.4 Å². The second kappa shape index (κ2) is 51.9. The molecule has 7 atom stereocenters. The van der Waals surface area contributed by atoms with Crippen molar-refractivity contribution in [3.05, 3.63) is 36.5 Å². The van der Waals surface area contributed by atoms with Crippen LogP contribution < -0.4 is 5.32 Å². The highest BCUT2D eigenvalue weighted by atomic mass is 16.7. The Morgan fingerprint density at radius 2 is 0.803 bits per heavy atom. The number of nitrogens with one attached hydrogen (secondary N) is 1. The third-order valence-electron chi connectivity index (χ3n) is 14.7. The van der Waals surface area contributed by atoms with Gasteiger partial charge in [-0.3, -0.25) is 4.79 Å². The molecule has 9 nitrogen and oxygen atoms in total. The van der Waals surface area contributed by atoms with Crippen LogP contribution in [0.4, 0.5) is 0 Å². The van der Waals surface area contributed by atoms with Gasteiger partial charge in [-0.15, -0.1) is 0 Å². The number of allylic oxidation sites excluding steroid dienone is 5. The van der Waals surface area contributed by atoms with Gasteiger partial charge in [-0.05, 0) is 38.5 Å². The molecule has 0 spiro atoms. The lowest BCUT2D eigenvalue weighted by Gasteiger charge is -2.40. The first-order valence-corrected chi connectivity index (χ1v) is 30.7. The molecular weight excluding hydrogens is 887 g/mol. The van der Waals surface area contributed by atoms with Crippen molar-refractivity contribution >= 4 is 5.91 Å². The lowest BCUT2D eigenvalue weighted by molar-refractivity contribution is -0.302. The first-order valence-electron chi connectivity index (χ1n) is 30.7. The maximum Gasteiger partial charge on any atom is 0.220 e. The average molecular weight is 1000 g/mol. The number of unbranched alkanes of at least 4 members (excludes halogenated alkanes) is 39. The lowest BCUT2D eigenvalue weighted by atomic mass is 9.99. The smallest absolute Gasteiger partial charge is 0.220 e. The van der Waals surface area contributed by atoms with Gasteiger partial charge in [0.2, 0.25) is 5.91 Å². The Morgan fingerprint density at radius 1 is 0.465 bits per heavy atom. The standard InChI is InChI=1S/C62H117NO8/c1-3-5-7-9-11-13-15-17-18-19-20-21-22-23-24-25-26-27-28-29-30-31-32-33-34-35-36-37-38-39-40-42-44-46-48-50-52-58(66)63-55(54-70-62-61(69)60(68)59(67)57(53-64)71-62)56(65)51-49-47-45-43-41-16-14-12-10-8-6-4-2/h10,12,41,43,49,51,55-57,59-62,64-65,67-69H,3-9,11,13-40,42,44-48,50,52-54H2,1-2H3,(H,63,66)/b12-10+,43-41+,51-49+. The Morgan fingerprint density at radius 3 is 1.17 bits per heavy atom. The molecule has 1 rings (SSSR count). The summed E-state index contributed by atoms with van der Waals surface area (Å²) in [5, 5.41) is 54.3. The van der Waals surface area contributed by atoms with E-state index in [4.69, 9.17) is 9.47 Å². The molecule has 0 aromatic heterocycles. The Labute approximate surface area is 438 Å². The van der Waals surface area contributed by atoms with Crippen LogP contribution in [0, 0.1) is 0 Å². The molecule has 0 aromatic rings. The molecule has 0 saturated carbocycles. The van der Waals surface area contributed by atoms with Gasteiger partial charge in [0.15, 0.2) is 6.29 Å². The minimum atomic E-state index is -1.57. The van der Waals surface area contributed by atoms with E-state index in [0.29, 0.717) is 6.42 Å². The zero-order valence-corrected chi connectivity index (χ0v) is 46.5. The van der Waals surface area contributed by atoms with E-state index in [1.807, 2.05) is 6.08 Å².